The zero-order valence-corrected chi connectivity index (χ0v) is 15.5. The second-order valence-corrected chi connectivity index (χ2v) is 6.87. The Morgan fingerprint density at radius 2 is 2.00 bits per heavy atom. The van der Waals surface area contributed by atoms with Crippen molar-refractivity contribution in [3.05, 3.63) is 56.6 Å². The maximum Gasteiger partial charge on any atom is 0.248 e. The van der Waals surface area contributed by atoms with E-state index in [1.807, 2.05) is 48.5 Å². The SMILES string of the molecule is O=C(Cn1nnc(-c2ccc(Br)cc2)n1)Nc1cccc(I)c1. The molecule has 2 aromatic carbocycles. The first-order valence-corrected chi connectivity index (χ1v) is 8.56. The Hall–Kier alpha value is -1.81. The van der Waals surface area contributed by atoms with Gasteiger partial charge in [-0.1, -0.05) is 22.0 Å². The number of hydrogen-bond acceptors (Lipinski definition) is 4. The van der Waals surface area contributed by atoms with Crippen molar-refractivity contribution in [3.63, 3.8) is 0 Å². The molecule has 0 aliphatic rings. The molecule has 0 fully saturated rings. The van der Waals surface area contributed by atoms with Crippen LogP contribution in [0.15, 0.2) is 53.0 Å². The van der Waals surface area contributed by atoms with E-state index in [2.05, 4.69) is 59.2 Å². The molecule has 0 aliphatic carbocycles. The van der Waals surface area contributed by atoms with E-state index >= 15 is 0 Å². The third-order valence-corrected chi connectivity index (χ3v) is 4.15. The summed E-state index contributed by atoms with van der Waals surface area (Å²) >= 11 is 5.57. The fourth-order valence-corrected chi connectivity index (χ4v) is 2.73. The number of benzene rings is 2. The number of carbonyl (C=O) groups excluding carboxylic acids is 1. The van der Waals surface area contributed by atoms with Crippen molar-refractivity contribution in [2.45, 2.75) is 6.54 Å². The predicted molar refractivity (Wildman–Crippen MR) is 98.7 cm³/mol. The van der Waals surface area contributed by atoms with Gasteiger partial charge in [0.05, 0.1) is 0 Å². The molecule has 0 radical (unpaired) electrons. The van der Waals surface area contributed by atoms with Crippen molar-refractivity contribution in [3.8, 4) is 11.4 Å². The van der Waals surface area contributed by atoms with Crippen molar-refractivity contribution < 1.29 is 4.79 Å². The number of nitrogens with one attached hydrogen (secondary N) is 1. The number of hydrogen-bond donors (Lipinski definition) is 1. The van der Waals surface area contributed by atoms with Crippen LogP contribution in [0, 0.1) is 3.57 Å². The number of rotatable bonds is 4. The molecule has 3 aromatic rings. The molecule has 0 aliphatic heterocycles. The summed E-state index contributed by atoms with van der Waals surface area (Å²) in [6, 6.07) is 15.1. The maximum absolute atomic E-state index is 12.0. The Morgan fingerprint density at radius 3 is 2.74 bits per heavy atom. The summed E-state index contributed by atoms with van der Waals surface area (Å²) in [5, 5.41) is 14.9. The van der Waals surface area contributed by atoms with E-state index in [1.165, 1.54) is 4.80 Å². The van der Waals surface area contributed by atoms with E-state index in [-0.39, 0.29) is 12.5 Å². The van der Waals surface area contributed by atoms with Crippen molar-refractivity contribution >= 4 is 50.1 Å². The van der Waals surface area contributed by atoms with E-state index < -0.39 is 0 Å². The number of amides is 1. The average molecular weight is 484 g/mol. The zero-order valence-electron chi connectivity index (χ0n) is 11.8. The lowest BCUT2D eigenvalue weighted by atomic mass is 10.2. The smallest absolute Gasteiger partial charge is 0.248 e. The molecule has 1 aromatic heterocycles. The number of tetrazole rings is 1. The molecule has 0 bridgehead atoms. The molecule has 1 N–H and O–H groups in total. The Balaban J connectivity index is 1.66. The van der Waals surface area contributed by atoms with Crippen LogP contribution in [0.4, 0.5) is 5.69 Å². The lowest BCUT2D eigenvalue weighted by molar-refractivity contribution is -0.117. The molecule has 0 spiro atoms. The van der Waals surface area contributed by atoms with Gasteiger partial charge in [-0.3, -0.25) is 4.79 Å². The lowest BCUT2D eigenvalue weighted by Gasteiger charge is -2.04. The monoisotopic (exact) mass is 483 g/mol. The molecule has 0 atom stereocenters. The highest BCUT2D eigenvalue weighted by molar-refractivity contribution is 14.1. The summed E-state index contributed by atoms with van der Waals surface area (Å²) < 4.78 is 2.03. The molecule has 3 rings (SSSR count). The van der Waals surface area contributed by atoms with Crippen LogP contribution in [0.3, 0.4) is 0 Å². The number of anilines is 1. The van der Waals surface area contributed by atoms with E-state index in [0.717, 1.165) is 19.3 Å². The summed E-state index contributed by atoms with van der Waals surface area (Å²) in [6.07, 6.45) is 0. The molecule has 1 amide bonds. The second kappa shape index (κ2) is 7.18. The summed E-state index contributed by atoms with van der Waals surface area (Å²) in [6.45, 7) is 0.00893. The fourth-order valence-electron chi connectivity index (χ4n) is 1.92. The van der Waals surface area contributed by atoms with Crippen molar-refractivity contribution in [2.75, 3.05) is 5.32 Å². The van der Waals surface area contributed by atoms with E-state index in [4.69, 9.17) is 0 Å². The van der Waals surface area contributed by atoms with Crippen LogP contribution in [-0.4, -0.2) is 26.1 Å². The third-order valence-electron chi connectivity index (χ3n) is 2.95. The van der Waals surface area contributed by atoms with Crippen LogP contribution in [0.2, 0.25) is 0 Å². The van der Waals surface area contributed by atoms with Gasteiger partial charge in [-0.25, -0.2) is 0 Å². The first-order valence-electron chi connectivity index (χ1n) is 6.69. The Morgan fingerprint density at radius 1 is 1.22 bits per heavy atom. The highest BCUT2D eigenvalue weighted by Crippen LogP contribution is 2.17. The maximum atomic E-state index is 12.0. The van der Waals surface area contributed by atoms with Crippen LogP contribution in [0.5, 0.6) is 0 Å². The molecule has 6 nitrogen and oxygen atoms in total. The minimum Gasteiger partial charge on any atom is -0.324 e. The Kier molecular flexibility index (Phi) is 5.01. The van der Waals surface area contributed by atoms with Gasteiger partial charge in [-0.15, -0.1) is 10.2 Å². The van der Waals surface area contributed by atoms with Gasteiger partial charge >= 0.3 is 0 Å². The topological polar surface area (TPSA) is 72.7 Å². The van der Waals surface area contributed by atoms with E-state index in [9.17, 15) is 4.79 Å². The number of aromatic nitrogens is 4. The van der Waals surface area contributed by atoms with Crippen molar-refractivity contribution in [2.24, 2.45) is 0 Å². The van der Waals surface area contributed by atoms with Gasteiger partial charge < -0.3 is 5.32 Å². The minimum absolute atomic E-state index is 0.00893. The zero-order chi connectivity index (χ0) is 16.2. The standard InChI is InChI=1S/C15H11BrIN5O/c16-11-6-4-10(5-7-11)15-19-21-22(20-15)9-14(23)18-13-3-1-2-12(17)8-13/h1-8H,9H2,(H,18,23). The van der Waals surface area contributed by atoms with Gasteiger partial charge in [0.2, 0.25) is 11.7 Å². The second-order valence-electron chi connectivity index (χ2n) is 4.71. The van der Waals surface area contributed by atoms with E-state index in [1.54, 1.807) is 0 Å². The van der Waals surface area contributed by atoms with Gasteiger partial charge in [0.15, 0.2) is 0 Å². The average Bonchev–Trinajstić information content (AvgIpc) is 2.96. The highest BCUT2D eigenvalue weighted by atomic mass is 127. The molecule has 1 heterocycles. The van der Waals surface area contributed by atoms with Crippen molar-refractivity contribution in [1.82, 2.24) is 20.2 Å². The number of nitrogens with zero attached hydrogens (tertiary/aromatic N) is 4. The quantitative estimate of drug-likeness (QED) is 0.577. The first-order chi connectivity index (χ1) is 11.1. The minimum atomic E-state index is -0.202. The van der Waals surface area contributed by atoms with Crippen molar-refractivity contribution in [1.29, 1.82) is 0 Å². The highest BCUT2D eigenvalue weighted by Gasteiger charge is 2.09. The molecule has 116 valence electrons. The largest absolute Gasteiger partial charge is 0.324 e. The van der Waals surface area contributed by atoms with Crippen LogP contribution in [0.25, 0.3) is 11.4 Å². The Bertz CT molecular complexity index is 834. The molecule has 0 saturated heterocycles. The summed E-state index contributed by atoms with van der Waals surface area (Å²) in [5.41, 5.74) is 1.59. The van der Waals surface area contributed by atoms with Gasteiger partial charge in [-0.05, 0) is 70.3 Å². The van der Waals surface area contributed by atoms with Crippen LogP contribution >= 0.6 is 38.5 Å². The summed E-state index contributed by atoms with van der Waals surface area (Å²) in [4.78, 5) is 13.3. The summed E-state index contributed by atoms with van der Waals surface area (Å²) in [5.74, 6) is 0.284. The lowest BCUT2D eigenvalue weighted by Crippen LogP contribution is -2.20. The molecule has 23 heavy (non-hydrogen) atoms. The van der Waals surface area contributed by atoms with Crippen LogP contribution in [0.1, 0.15) is 0 Å². The molecular formula is C15H11BrIN5O. The van der Waals surface area contributed by atoms with Crippen LogP contribution in [-0.2, 0) is 11.3 Å². The predicted octanol–water partition coefficient (Wildman–Crippen LogP) is 3.35. The number of halogens is 2. The third kappa shape index (κ3) is 4.35. The van der Waals surface area contributed by atoms with Gasteiger partial charge in [-0.2, -0.15) is 4.80 Å². The van der Waals surface area contributed by atoms with E-state index in [0.29, 0.717) is 5.82 Å². The summed E-state index contributed by atoms with van der Waals surface area (Å²) in [7, 11) is 0. The molecule has 0 saturated carbocycles. The Labute approximate surface area is 154 Å². The number of carbonyl (C=O) groups is 1. The first kappa shape index (κ1) is 16.1. The van der Waals surface area contributed by atoms with Gasteiger partial charge in [0.1, 0.15) is 6.54 Å². The molecular weight excluding hydrogens is 473 g/mol. The normalized spacial score (nSPS) is 10.5. The van der Waals surface area contributed by atoms with Crippen LogP contribution < -0.4 is 5.32 Å². The van der Waals surface area contributed by atoms with Gasteiger partial charge in [0, 0.05) is 19.3 Å². The molecule has 0 unspecified atom stereocenters. The molecule has 8 heteroatoms. The van der Waals surface area contributed by atoms with Gasteiger partial charge in [0.25, 0.3) is 0 Å². The fraction of sp³-hybridized carbons (Fsp3) is 0.0667.